The van der Waals surface area contributed by atoms with Gasteiger partial charge in [0.15, 0.2) is 5.96 Å². The number of nitrogens with one attached hydrogen (secondary N) is 1. The molecule has 1 aromatic rings. The summed E-state index contributed by atoms with van der Waals surface area (Å²) >= 11 is 1.64. The highest BCUT2D eigenvalue weighted by Crippen LogP contribution is 2.12. The summed E-state index contributed by atoms with van der Waals surface area (Å²) in [5, 5.41) is 6.47. The van der Waals surface area contributed by atoms with Gasteiger partial charge in [-0.25, -0.2) is 9.98 Å². The van der Waals surface area contributed by atoms with Gasteiger partial charge in [0.05, 0.1) is 23.4 Å². The minimum Gasteiger partial charge on any atom is -0.376 e. The molecule has 1 atom stereocenters. The SMILES string of the molecule is Cc1nc(CN(C)C(=NCC(=O)N(C)C)NCC2CCCCO2)cs1. The van der Waals surface area contributed by atoms with Crippen molar-refractivity contribution in [3.8, 4) is 0 Å². The minimum atomic E-state index is -0.0221. The van der Waals surface area contributed by atoms with Gasteiger partial charge in [-0.2, -0.15) is 0 Å². The van der Waals surface area contributed by atoms with Gasteiger partial charge in [0.1, 0.15) is 6.54 Å². The molecule has 0 radical (unpaired) electrons. The lowest BCUT2D eigenvalue weighted by Gasteiger charge is -2.26. The Kier molecular flexibility index (Phi) is 7.64. The molecule has 0 bridgehead atoms. The van der Waals surface area contributed by atoms with E-state index in [-0.39, 0.29) is 18.6 Å². The summed E-state index contributed by atoms with van der Waals surface area (Å²) < 4.78 is 5.77. The van der Waals surface area contributed by atoms with Crippen LogP contribution in [-0.4, -0.2) is 73.6 Å². The fraction of sp³-hybridized carbons (Fsp3) is 0.706. The fourth-order valence-electron chi connectivity index (χ4n) is 2.57. The van der Waals surface area contributed by atoms with Gasteiger partial charge in [0.2, 0.25) is 5.91 Å². The Balaban J connectivity index is 1.98. The lowest BCUT2D eigenvalue weighted by Crippen LogP contribution is -2.43. The first kappa shape index (κ1) is 19.7. The van der Waals surface area contributed by atoms with Crippen LogP contribution in [-0.2, 0) is 16.1 Å². The van der Waals surface area contributed by atoms with Gasteiger partial charge >= 0.3 is 0 Å². The Bertz CT molecular complexity index is 581. The van der Waals surface area contributed by atoms with Crippen LogP contribution in [0.4, 0.5) is 0 Å². The number of hydrogen-bond donors (Lipinski definition) is 1. The van der Waals surface area contributed by atoms with E-state index in [4.69, 9.17) is 4.74 Å². The van der Waals surface area contributed by atoms with Gasteiger partial charge in [-0.1, -0.05) is 0 Å². The second kappa shape index (κ2) is 9.72. The lowest BCUT2D eigenvalue weighted by atomic mass is 10.1. The van der Waals surface area contributed by atoms with Gasteiger partial charge in [0.25, 0.3) is 0 Å². The molecule has 1 unspecified atom stereocenters. The zero-order valence-electron chi connectivity index (χ0n) is 15.6. The van der Waals surface area contributed by atoms with Gasteiger partial charge in [-0.3, -0.25) is 4.79 Å². The summed E-state index contributed by atoms with van der Waals surface area (Å²) in [7, 11) is 5.44. The summed E-state index contributed by atoms with van der Waals surface area (Å²) in [5.74, 6) is 0.682. The number of rotatable bonds is 6. The van der Waals surface area contributed by atoms with Crippen molar-refractivity contribution in [2.45, 2.75) is 38.8 Å². The van der Waals surface area contributed by atoms with Crippen molar-refractivity contribution < 1.29 is 9.53 Å². The van der Waals surface area contributed by atoms with Crippen LogP contribution in [0, 0.1) is 6.92 Å². The predicted octanol–water partition coefficient (Wildman–Crippen LogP) is 1.49. The van der Waals surface area contributed by atoms with Crippen LogP contribution in [0.15, 0.2) is 10.4 Å². The van der Waals surface area contributed by atoms with Crippen molar-refractivity contribution in [1.82, 2.24) is 20.1 Å². The second-order valence-electron chi connectivity index (χ2n) is 6.51. The number of carbonyl (C=O) groups is 1. The molecule has 1 aromatic heterocycles. The van der Waals surface area contributed by atoms with Crippen LogP contribution in [0.2, 0.25) is 0 Å². The number of aromatic nitrogens is 1. The molecule has 8 heteroatoms. The standard InChI is InChI=1S/C17H29N5O2S/c1-13-20-14(12-25-13)11-22(4)17(19-10-16(23)21(2)3)18-9-15-7-5-6-8-24-15/h12,15H,5-11H2,1-4H3,(H,18,19). The quantitative estimate of drug-likeness (QED) is 0.609. The average molecular weight is 368 g/mol. The molecule has 2 rings (SSSR count). The normalized spacial score (nSPS) is 18.1. The van der Waals surface area contributed by atoms with Crippen LogP contribution < -0.4 is 5.32 Å². The molecule has 140 valence electrons. The van der Waals surface area contributed by atoms with Crippen molar-refractivity contribution >= 4 is 23.2 Å². The smallest absolute Gasteiger partial charge is 0.243 e. The molecular weight excluding hydrogens is 338 g/mol. The maximum Gasteiger partial charge on any atom is 0.243 e. The monoisotopic (exact) mass is 367 g/mol. The number of ether oxygens (including phenoxy) is 1. The zero-order chi connectivity index (χ0) is 18.2. The predicted molar refractivity (Wildman–Crippen MR) is 101 cm³/mol. The van der Waals surface area contributed by atoms with E-state index in [9.17, 15) is 4.79 Å². The van der Waals surface area contributed by atoms with E-state index in [0.29, 0.717) is 19.0 Å². The third kappa shape index (κ3) is 6.62. The van der Waals surface area contributed by atoms with E-state index < -0.39 is 0 Å². The third-order valence-corrected chi connectivity index (χ3v) is 4.87. The number of nitrogens with zero attached hydrogens (tertiary/aromatic N) is 4. The van der Waals surface area contributed by atoms with E-state index in [2.05, 4.69) is 20.7 Å². The molecule has 7 nitrogen and oxygen atoms in total. The number of aliphatic imine (C=N–C) groups is 1. The molecule has 1 fully saturated rings. The molecule has 0 saturated carbocycles. The highest BCUT2D eigenvalue weighted by atomic mass is 32.1. The number of guanidine groups is 1. The number of hydrogen-bond acceptors (Lipinski definition) is 5. The maximum absolute atomic E-state index is 11.9. The Labute approximate surface area is 154 Å². The average Bonchev–Trinajstić information content (AvgIpc) is 3.00. The number of thiazole rings is 1. The summed E-state index contributed by atoms with van der Waals surface area (Å²) in [6.07, 6.45) is 3.61. The highest BCUT2D eigenvalue weighted by molar-refractivity contribution is 7.09. The number of amides is 1. The van der Waals surface area contributed by atoms with Gasteiger partial charge < -0.3 is 19.9 Å². The van der Waals surface area contributed by atoms with E-state index in [1.165, 1.54) is 6.42 Å². The Morgan fingerprint density at radius 1 is 1.44 bits per heavy atom. The van der Waals surface area contributed by atoms with Crippen molar-refractivity contribution in [3.05, 3.63) is 16.1 Å². The first-order chi connectivity index (χ1) is 12.0. The van der Waals surface area contributed by atoms with Gasteiger partial charge in [-0.15, -0.1) is 11.3 Å². The van der Waals surface area contributed by atoms with E-state index in [1.54, 1.807) is 30.3 Å². The van der Waals surface area contributed by atoms with Crippen LogP contribution >= 0.6 is 11.3 Å². The number of aryl methyl sites for hydroxylation is 1. The Morgan fingerprint density at radius 3 is 2.84 bits per heavy atom. The first-order valence-corrected chi connectivity index (χ1v) is 9.56. The van der Waals surface area contributed by atoms with Crippen LogP contribution in [0.5, 0.6) is 0 Å². The summed E-state index contributed by atoms with van der Waals surface area (Å²) in [6, 6.07) is 0. The number of likely N-dealkylation sites (N-methyl/N-ethyl adjacent to an activating group) is 1. The van der Waals surface area contributed by atoms with Crippen molar-refractivity contribution in [3.63, 3.8) is 0 Å². The Hall–Kier alpha value is -1.67. The zero-order valence-corrected chi connectivity index (χ0v) is 16.4. The molecular formula is C17H29N5O2S. The molecule has 1 amide bonds. The highest BCUT2D eigenvalue weighted by Gasteiger charge is 2.16. The first-order valence-electron chi connectivity index (χ1n) is 8.68. The van der Waals surface area contributed by atoms with Gasteiger partial charge in [-0.05, 0) is 26.2 Å². The molecule has 1 aliphatic rings. The summed E-state index contributed by atoms with van der Waals surface area (Å²) in [4.78, 5) is 24.4. The van der Waals surface area contributed by atoms with Crippen molar-refractivity contribution in [1.29, 1.82) is 0 Å². The topological polar surface area (TPSA) is 70.1 Å². The molecule has 1 saturated heterocycles. The third-order valence-electron chi connectivity index (χ3n) is 4.05. The molecule has 2 heterocycles. The number of carbonyl (C=O) groups excluding carboxylic acids is 1. The van der Waals surface area contributed by atoms with Crippen molar-refractivity contribution in [2.75, 3.05) is 40.8 Å². The minimum absolute atomic E-state index is 0.0221. The second-order valence-corrected chi connectivity index (χ2v) is 7.57. The molecule has 25 heavy (non-hydrogen) atoms. The molecule has 0 aromatic carbocycles. The summed E-state index contributed by atoms with van der Waals surface area (Å²) in [6.45, 7) is 4.30. The Morgan fingerprint density at radius 2 is 2.24 bits per heavy atom. The van der Waals surface area contributed by atoms with E-state index >= 15 is 0 Å². The molecule has 1 aliphatic heterocycles. The van der Waals surface area contributed by atoms with E-state index in [1.807, 2.05) is 18.9 Å². The van der Waals surface area contributed by atoms with Gasteiger partial charge in [0, 0.05) is 39.7 Å². The van der Waals surface area contributed by atoms with Crippen LogP contribution in [0.1, 0.15) is 30.0 Å². The van der Waals surface area contributed by atoms with E-state index in [0.717, 1.165) is 30.2 Å². The maximum atomic E-state index is 11.9. The largest absolute Gasteiger partial charge is 0.376 e. The van der Waals surface area contributed by atoms with Crippen LogP contribution in [0.3, 0.4) is 0 Å². The molecule has 1 N–H and O–H groups in total. The van der Waals surface area contributed by atoms with Crippen LogP contribution in [0.25, 0.3) is 0 Å². The molecule has 0 aliphatic carbocycles. The lowest BCUT2D eigenvalue weighted by molar-refractivity contribution is -0.127. The molecule has 0 spiro atoms. The summed E-state index contributed by atoms with van der Waals surface area (Å²) in [5.41, 5.74) is 1.01. The fourth-order valence-corrected chi connectivity index (χ4v) is 3.17. The van der Waals surface area contributed by atoms with Crippen molar-refractivity contribution in [2.24, 2.45) is 4.99 Å².